The van der Waals surface area contributed by atoms with Crippen molar-refractivity contribution in [1.29, 1.82) is 0 Å². The third-order valence-electron chi connectivity index (χ3n) is 2.57. The maximum atomic E-state index is 11.9. The number of hydrogen-bond acceptors (Lipinski definition) is 4. The van der Waals surface area contributed by atoms with Gasteiger partial charge < -0.3 is 5.11 Å². The number of carbonyl (C=O) groups is 1. The van der Waals surface area contributed by atoms with Crippen LogP contribution in [0.2, 0.25) is 0 Å². The Balaban J connectivity index is 2.46. The number of thioether (sulfide) groups is 1. The molecule has 1 aromatic rings. The lowest BCUT2D eigenvalue weighted by Gasteiger charge is -2.05. The highest BCUT2D eigenvalue weighted by Gasteiger charge is 2.28. The number of phenols is 1. The highest BCUT2D eigenvalue weighted by atomic mass is 127. The second-order valence-electron chi connectivity index (χ2n) is 3.90. The number of phenolic OH excluding ortho intramolecular Hbond substituents is 1. The first-order valence-electron chi connectivity index (χ1n) is 5.11. The molecule has 0 aromatic heterocycles. The Morgan fingerprint density at radius 2 is 2.17 bits per heavy atom. The van der Waals surface area contributed by atoms with Crippen LogP contribution in [0.4, 0.5) is 0 Å². The van der Waals surface area contributed by atoms with Crippen molar-refractivity contribution in [2.24, 2.45) is 0 Å². The molecule has 1 aliphatic rings. The maximum absolute atomic E-state index is 11.9. The maximum Gasteiger partial charge on any atom is 0.265 e. The van der Waals surface area contributed by atoms with Gasteiger partial charge in [0, 0.05) is 16.2 Å². The average Bonchev–Trinajstić information content (AvgIpc) is 2.53. The van der Waals surface area contributed by atoms with E-state index in [1.807, 2.05) is 19.1 Å². The topological polar surface area (TPSA) is 40.5 Å². The number of aromatic hydroxyl groups is 1. The predicted molar refractivity (Wildman–Crippen MR) is 86.5 cm³/mol. The molecule has 1 aromatic carbocycles. The highest BCUT2D eigenvalue weighted by molar-refractivity contribution is 14.1. The van der Waals surface area contributed by atoms with Crippen molar-refractivity contribution < 1.29 is 9.90 Å². The Hall–Kier alpha value is -0.600. The fourth-order valence-electron chi connectivity index (χ4n) is 1.56. The van der Waals surface area contributed by atoms with Crippen LogP contribution in [0.5, 0.6) is 5.75 Å². The molecule has 0 radical (unpaired) electrons. The summed E-state index contributed by atoms with van der Waals surface area (Å²) in [6, 6.07) is 3.73. The summed E-state index contributed by atoms with van der Waals surface area (Å²) in [6.07, 6.45) is 1.69. The third-order valence-corrected chi connectivity index (χ3v) is 4.68. The number of amides is 1. The van der Waals surface area contributed by atoms with E-state index in [0.29, 0.717) is 14.8 Å². The van der Waals surface area contributed by atoms with E-state index < -0.39 is 0 Å². The fraction of sp³-hybridized carbons (Fsp3) is 0.167. The van der Waals surface area contributed by atoms with Crippen LogP contribution in [0.25, 0.3) is 6.08 Å². The summed E-state index contributed by atoms with van der Waals surface area (Å²) in [5.74, 6) is 0.0812. The first kappa shape index (κ1) is 13.8. The zero-order chi connectivity index (χ0) is 13.4. The van der Waals surface area contributed by atoms with Gasteiger partial charge in [0.15, 0.2) is 0 Å². The third kappa shape index (κ3) is 2.55. The number of aryl methyl sites for hydroxylation is 1. The van der Waals surface area contributed by atoms with Gasteiger partial charge in [-0.15, -0.1) is 0 Å². The minimum Gasteiger partial charge on any atom is -0.507 e. The van der Waals surface area contributed by atoms with Crippen LogP contribution < -0.4 is 0 Å². The van der Waals surface area contributed by atoms with Crippen LogP contribution in [0, 0.1) is 10.5 Å². The highest BCUT2D eigenvalue weighted by Crippen LogP contribution is 2.34. The molecule has 1 N–H and O–H groups in total. The van der Waals surface area contributed by atoms with E-state index in [1.54, 1.807) is 13.1 Å². The van der Waals surface area contributed by atoms with Crippen LogP contribution >= 0.6 is 46.6 Å². The number of likely N-dealkylation sites (N-methyl/N-ethyl adjacent to an activating group) is 1. The van der Waals surface area contributed by atoms with Gasteiger partial charge in [-0.25, -0.2) is 0 Å². The Morgan fingerprint density at radius 1 is 1.50 bits per heavy atom. The predicted octanol–water partition coefficient (Wildman–Crippen LogP) is 3.14. The summed E-state index contributed by atoms with van der Waals surface area (Å²) in [5, 5.41) is 9.99. The molecule has 0 aliphatic carbocycles. The van der Waals surface area contributed by atoms with E-state index in [2.05, 4.69) is 22.6 Å². The van der Waals surface area contributed by atoms with Gasteiger partial charge in [-0.2, -0.15) is 0 Å². The van der Waals surface area contributed by atoms with Crippen molar-refractivity contribution in [2.45, 2.75) is 6.92 Å². The molecule has 3 nitrogen and oxygen atoms in total. The largest absolute Gasteiger partial charge is 0.507 e. The molecule has 0 atom stereocenters. The van der Waals surface area contributed by atoms with Crippen LogP contribution in [0.1, 0.15) is 11.1 Å². The second-order valence-corrected chi connectivity index (χ2v) is 6.82. The quantitative estimate of drug-likeness (QED) is 0.454. The Morgan fingerprint density at radius 3 is 2.72 bits per heavy atom. The summed E-state index contributed by atoms with van der Waals surface area (Å²) in [7, 11) is 1.65. The monoisotopic (exact) mass is 391 g/mol. The van der Waals surface area contributed by atoms with E-state index in [-0.39, 0.29) is 11.7 Å². The van der Waals surface area contributed by atoms with Gasteiger partial charge >= 0.3 is 0 Å². The van der Waals surface area contributed by atoms with Gasteiger partial charge in [-0.3, -0.25) is 9.69 Å². The molecule has 0 bridgehead atoms. The van der Waals surface area contributed by atoms with Gasteiger partial charge in [0.05, 0.1) is 4.91 Å². The van der Waals surface area contributed by atoms with Crippen molar-refractivity contribution in [1.82, 2.24) is 4.90 Å². The number of carbonyl (C=O) groups excluding carboxylic acids is 1. The van der Waals surface area contributed by atoms with E-state index in [4.69, 9.17) is 12.2 Å². The van der Waals surface area contributed by atoms with Gasteiger partial charge in [-0.1, -0.05) is 24.0 Å². The van der Waals surface area contributed by atoms with Gasteiger partial charge in [-0.05, 0) is 53.3 Å². The minimum atomic E-state index is -0.124. The number of benzene rings is 1. The zero-order valence-corrected chi connectivity index (χ0v) is 13.5. The number of thiocarbonyl (C=S) groups is 1. The van der Waals surface area contributed by atoms with Gasteiger partial charge in [0.25, 0.3) is 5.91 Å². The minimum absolute atomic E-state index is 0.124. The van der Waals surface area contributed by atoms with Crippen LogP contribution in [0.3, 0.4) is 0 Å². The van der Waals surface area contributed by atoms with Crippen molar-refractivity contribution >= 4 is 62.9 Å². The standard InChI is InChI=1S/C12H10INO2S2/c1-6-3-8(13)4-7(10(6)15)5-9-11(16)14(2)12(17)18-9/h3-5,15H,1-2H3/b9-5+. The van der Waals surface area contributed by atoms with E-state index in [1.165, 1.54) is 16.7 Å². The summed E-state index contributed by atoms with van der Waals surface area (Å²) >= 11 is 8.49. The fourth-order valence-corrected chi connectivity index (χ4v) is 3.53. The molecule has 6 heteroatoms. The molecule has 1 aliphatic heterocycles. The molecule has 18 heavy (non-hydrogen) atoms. The van der Waals surface area contributed by atoms with Crippen molar-refractivity contribution in [2.75, 3.05) is 7.05 Å². The first-order chi connectivity index (χ1) is 8.40. The average molecular weight is 391 g/mol. The normalized spacial score (nSPS) is 17.9. The molecule has 94 valence electrons. The number of rotatable bonds is 1. The first-order valence-corrected chi connectivity index (χ1v) is 7.41. The van der Waals surface area contributed by atoms with E-state index in [9.17, 15) is 9.90 Å². The molecular formula is C12H10INO2S2. The molecule has 2 rings (SSSR count). The van der Waals surface area contributed by atoms with Crippen molar-refractivity contribution in [3.8, 4) is 5.75 Å². The number of hydrogen-bond donors (Lipinski definition) is 1. The molecule has 1 fully saturated rings. The summed E-state index contributed by atoms with van der Waals surface area (Å²) in [5.41, 5.74) is 1.44. The molecule has 0 saturated carbocycles. The Labute approximate surface area is 128 Å². The summed E-state index contributed by atoms with van der Waals surface area (Å²) < 4.78 is 1.55. The molecule has 1 heterocycles. The Kier molecular flexibility index (Phi) is 3.98. The zero-order valence-electron chi connectivity index (χ0n) is 9.73. The van der Waals surface area contributed by atoms with E-state index >= 15 is 0 Å². The Bertz CT molecular complexity index is 584. The van der Waals surface area contributed by atoms with Crippen LogP contribution in [-0.4, -0.2) is 27.3 Å². The molecule has 1 saturated heterocycles. The van der Waals surface area contributed by atoms with Gasteiger partial charge in [0.2, 0.25) is 0 Å². The van der Waals surface area contributed by atoms with E-state index in [0.717, 1.165) is 9.13 Å². The lowest BCUT2D eigenvalue weighted by atomic mass is 10.1. The van der Waals surface area contributed by atoms with Crippen LogP contribution in [0.15, 0.2) is 17.0 Å². The molecule has 0 unspecified atom stereocenters. The molecule has 1 amide bonds. The number of nitrogens with zero attached hydrogens (tertiary/aromatic N) is 1. The summed E-state index contributed by atoms with van der Waals surface area (Å²) in [6.45, 7) is 1.83. The second kappa shape index (κ2) is 5.18. The number of halogens is 1. The van der Waals surface area contributed by atoms with Crippen molar-refractivity contribution in [3.63, 3.8) is 0 Å². The molecule has 0 spiro atoms. The van der Waals surface area contributed by atoms with Crippen molar-refractivity contribution in [3.05, 3.63) is 31.7 Å². The lowest BCUT2D eigenvalue weighted by Crippen LogP contribution is -2.22. The lowest BCUT2D eigenvalue weighted by molar-refractivity contribution is -0.121. The molecular weight excluding hydrogens is 381 g/mol. The van der Waals surface area contributed by atoms with Crippen LogP contribution in [-0.2, 0) is 4.79 Å². The summed E-state index contributed by atoms with van der Waals surface area (Å²) in [4.78, 5) is 13.8. The smallest absolute Gasteiger partial charge is 0.265 e. The SMILES string of the molecule is Cc1cc(I)cc(/C=C2/SC(=S)N(C)C2=O)c1O. The van der Waals surface area contributed by atoms with Gasteiger partial charge in [0.1, 0.15) is 10.1 Å².